The third-order valence-corrected chi connectivity index (χ3v) is 2.13. The van der Waals surface area contributed by atoms with E-state index in [0.29, 0.717) is 18.3 Å². The number of hydrogen-bond donors (Lipinski definition) is 3. The fourth-order valence-electron chi connectivity index (χ4n) is 1.26. The van der Waals surface area contributed by atoms with Crippen molar-refractivity contribution >= 4 is 11.8 Å². The molecule has 0 bridgehead atoms. The number of anilines is 1. The molecule has 0 aliphatic carbocycles. The highest BCUT2D eigenvalue weighted by molar-refractivity contribution is 5.88. The summed E-state index contributed by atoms with van der Waals surface area (Å²) in [5.41, 5.74) is -0.414. The van der Waals surface area contributed by atoms with Gasteiger partial charge in [-0.3, -0.25) is 4.79 Å². The van der Waals surface area contributed by atoms with Gasteiger partial charge >= 0.3 is 5.97 Å². The first-order valence-corrected chi connectivity index (χ1v) is 5.20. The molecule has 0 aromatic carbocycles. The van der Waals surface area contributed by atoms with E-state index in [4.69, 9.17) is 5.11 Å². The number of nitrogens with one attached hydrogen (secondary N) is 2. The van der Waals surface area contributed by atoms with Gasteiger partial charge in [-0.05, 0) is 18.4 Å². The third kappa shape index (κ3) is 3.76. The SMILES string of the molecule is CC(C)CCNc1cc(C(=O)O)cc(=O)[nH]1. The summed E-state index contributed by atoms with van der Waals surface area (Å²) in [5.74, 6) is -0.0922. The lowest BCUT2D eigenvalue weighted by Gasteiger charge is -2.08. The van der Waals surface area contributed by atoms with Crippen molar-refractivity contribution in [1.29, 1.82) is 0 Å². The normalized spacial score (nSPS) is 10.4. The van der Waals surface area contributed by atoms with Crippen LogP contribution in [0.4, 0.5) is 5.82 Å². The number of carboxylic acids is 1. The summed E-state index contributed by atoms with van der Waals surface area (Å²) in [5, 5.41) is 11.8. The summed E-state index contributed by atoms with van der Waals surface area (Å²) >= 11 is 0. The van der Waals surface area contributed by atoms with Gasteiger partial charge in [-0.1, -0.05) is 13.8 Å². The second kappa shape index (κ2) is 5.34. The van der Waals surface area contributed by atoms with Gasteiger partial charge in [-0.15, -0.1) is 0 Å². The molecule has 0 amide bonds. The Balaban J connectivity index is 2.73. The van der Waals surface area contributed by atoms with Gasteiger partial charge in [0.25, 0.3) is 0 Å². The van der Waals surface area contributed by atoms with Crippen molar-refractivity contribution in [2.75, 3.05) is 11.9 Å². The predicted molar refractivity (Wildman–Crippen MR) is 62.0 cm³/mol. The molecule has 0 aliphatic rings. The molecule has 0 radical (unpaired) electrons. The Morgan fingerprint density at radius 2 is 2.19 bits per heavy atom. The Morgan fingerprint density at radius 1 is 1.50 bits per heavy atom. The number of aromatic carboxylic acids is 1. The zero-order valence-electron chi connectivity index (χ0n) is 9.41. The van der Waals surface area contributed by atoms with Crippen LogP contribution in [-0.2, 0) is 0 Å². The van der Waals surface area contributed by atoms with Crippen LogP contribution in [-0.4, -0.2) is 22.6 Å². The van der Waals surface area contributed by atoms with Gasteiger partial charge in [0.2, 0.25) is 5.56 Å². The quantitative estimate of drug-likeness (QED) is 0.708. The van der Waals surface area contributed by atoms with Gasteiger partial charge in [-0.2, -0.15) is 0 Å². The van der Waals surface area contributed by atoms with E-state index in [-0.39, 0.29) is 5.56 Å². The minimum absolute atomic E-state index is 0.00389. The van der Waals surface area contributed by atoms with Crippen LogP contribution in [0.3, 0.4) is 0 Å². The Hall–Kier alpha value is -1.78. The zero-order valence-corrected chi connectivity index (χ0v) is 9.41. The van der Waals surface area contributed by atoms with E-state index >= 15 is 0 Å². The van der Waals surface area contributed by atoms with Crippen molar-refractivity contribution < 1.29 is 9.90 Å². The molecular weight excluding hydrogens is 208 g/mol. The number of H-pyrrole nitrogens is 1. The Labute approximate surface area is 93.5 Å². The molecule has 16 heavy (non-hydrogen) atoms. The average molecular weight is 224 g/mol. The van der Waals surface area contributed by atoms with Crippen LogP contribution in [0.25, 0.3) is 0 Å². The van der Waals surface area contributed by atoms with Crippen molar-refractivity contribution in [2.45, 2.75) is 20.3 Å². The molecule has 88 valence electrons. The molecule has 1 aromatic heterocycles. The van der Waals surface area contributed by atoms with Crippen molar-refractivity contribution in [3.8, 4) is 0 Å². The molecule has 0 unspecified atom stereocenters. The van der Waals surface area contributed by atoms with E-state index in [1.807, 2.05) is 0 Å². The number of carboxylic acid groups (broad SMARTS) is 1. The van der Waals surface area contributed by atoms with E-state index in [1.165, 1.54) is 6.07 Å². The van der Waals surface area contributed by atoms with Crippen LogP contribution in [0.2, 0.25) is 0 Å². The second-order valence-corrected chi connectivity index (χ2v) is 4.06. The highest BCUT2D eigenvalue weighted by Gasteiger charge is 2.05. The molecule has 0 spiro atoms. The second-order valence-electron chi connectivity index (χ2n) is 4.06. The van der Waals surface area contributed by atoms with Crippen molar-refractivity contribution in [3.05, 3.63) is 28.0 Å². The largest absolute Gasteiger partial charge is 0.478 e. The van der Waals surface area contributed by atoms with Crippen molar-refractivity contribution in [1.82, 2.24) is 4.98 Å². The maximum absolute atomic E-state index is 11.2. The molecule has 5 nitrogen and oxygen atoms in total. The van der Waals surface area contributed by atoms with Gasteiger partial charge in [-0.25, -0.2) is 4.79 Å². The van der Waals surface area contributed by atoms with Crippen LogP contribution in [0.1, 0.15) is 30.6 Å². The maximum Gasteiger partial charge on any atom is 0.336 e. The summed E-state index contributed by atoms with van der Waals surface area (Å²) in [6.07, 6.45) is 0.958. The first kappa shape index (κ1) is 12.3. The minimum Gasteiger partial charge on any atom is -0.478 e. The Bertz CT molecular complexity index is 423. The first-order chi connectivity index (χ1) is 7.49. The lowest BCUT2D eigenvalue weighted by molar-refractivity contribution is 0.0696. The minimum atomic E-state index is -1.10. The molecule has 1 rings (SSSR count). The number of aromatic amines is 1. The summed E-state index contributed by atoms with van der Waals surface area (Å²) in [6, 6.07) is 2.49. The van der Waals surface area contributed by atoms with Crippen LogP contribution >= 0.6 is 0 Å². The van der Waals surface area contributed by atoms with Gasteiger partial charge in [0, 0.05) is 12.6 Å². The van der Waals surface area contributed by atoms with E-state index in [0.717, 1.165) is 12.5 Å². The van der Waals surface area contributed by atoms with Gasteiger partial charge in [0.05, 0.1) is 5.56 Å². The smallest absolute Gasteiger partial charge is 0.336 e. The topological polar surface area (TPSA) is 82.2 Å². The summed E-state index contributed by atoms with van der Waals surface area (Å²) < 4.78 is 0. The van der Waals surface area contributed by atoms with Crippen LogP contribution in [0.15, 0.2) is 16.9 Å². The van der Waals surface area contributed by atoms with E-state index < -0.39 is 11.5 Å². The standard InChI is InChI=1S/C11H16N2O3/c1-7(2)3-4-12-9-5-8(11(15)16)6-10(14)13-9/h5-7H,3-4H2,1-2H3,(H,15,16)(H2,12,13,14). The van der Waals surface area contributed by atoms with Crippen molar-refractivity contribution in [3.63, 3.8) is 0 Å². The molecule has 0 fully saturated rings. The molecule has 0 saturated carbocycles. The van der Waals surface area contributed by atoms with E-state index in [9.17, 15) is 9.59 Å². The fraction of sp³-hybridized carbons (Fsp3) is 0.455. The summed E-state index contributed by atoms with van der Waals surface area (Å²) in [4.78, 5) is 24.4. The highest BCUT2D eigenvalue weighted by atomic mass is 16.4. The number of aromatic nitrogens is 1. The molecular formula is C11H16N2O3. The first-order valence-electron chi connectivity index (χ1n) is 5.20. The van der Waals surface area contributed by atoms with Gasteiger partial charge in [0.1, 0.15) is 5.82 Å². The Morgan fingerprint density at radius 3 is 2.75 bits per heavy atom. The maximum atomic E-state index is 11.2. The van der Waals surface area contributed by atoms with Crippen molar-refractivity contribution in [2.24, 2.45) is 5.92 Å². The van der Waals surface area contributed by atoms with E-state index in [2.05, 4.69) is 24.1 Å². The molecule has 5 heteroatoms. The number of hydrogen-bond acceptors (Lipinski definition) is 3. The molecule has 1 aromatic rings. The van der Waals surface area contributed by atoms with E-state index in [1.54, 1.807) is 0 Å². The number of carbonyl (C=O) groups is 1. The number of rotatable bonds is 5. The monoisotopic (exact) mass is 224 g/mol. The molecule has 0 atom stereocenters. The Kier molecular flexibility index (Phi) is 4.10. The van der Waals surface area contributed by atoms with Crippen LogP contribution in [0.5, 0.6) is 0 Å². The molecule has 3 N–H and O–H groups in total. The zero-order chi connectivity index (χ0) is 12.1. The predicted octanol–water partition coefficient (Wildman–Crippen LogP) is 1.53. The molecule has 0 aliphatic heterocycles. The van der Waals surface area contributed by atoms with Crippen LogP contribution < -0.4 is 10.9 Å². The third-order valence-electron chi connectivity index (χ3n) is 2.13. The average Bonchev–Trinajstić information content (AvgIpc) is 2.16. The van der Waals surface area contributed by atoms with Gasteiger partial charge < -0.3 is 15.4 Å². The summed E-state index contributed by atoms with van der Waals surface area (Å²) in [6.45, 7) is 4.90. The fourth-order valence-corrected chi connectivity index (χ4v) is 1.26. The molecule has 0 saturated heterocycles. The van der Waals surface area contributed by atoms with Gasteiger partial charge in [0.15, 0.2) is 0 Å². The lowest BCUT2D eigenvalue weighted by Crippen LogP contribution is -2.14. The highest BCUT2D eigenvalue weighted by Crippen LogP contribution is 2.05. The number of pyridine rings is 1. The lowest BCUT2D eigenvalue weighted by atomic mass is 10.1. The van der Waals surface area contributed by atoms with Crippen LogP contribution in [0, 0.1) is 5.92 Å². The summed E-state index contributed by atoms with van der Waals surface area (Å²) in [7, 11) is 0. The molecule has 1 heterocycles.